The van der Waals surface area contributed by atoms with Crippen LogP contribution in [0.4, 0.5) is 8.78 Å². The van der Waals surface area contributed by atoms with Crippen LogP contribution in [0.1, 0.15) is 22.7 Å². The van der Waals surface area contributed by atoms with E-state index < -0.39 is 17.7 Å². The van der Waals surface area contributed by atoms with Crippen LogP contribution >= 0.6 is 0 Å². The van der Waals surface area contributed by atoms with Gasteiger partial charge in [0.1, 0.15) is 11.6 Å². The molecule has 88 valence electrons. The molecule has 0 aliphatic heterocycles. The molecule has 0 radical (unpaired) electrons. The lowest BCUT2D eigenvalue weighted by Crippen LogP contribution is -2.14. The van der Waals surface area contributed by atoms with E-state index in [9.17, 15) is 8.78 Å². The Labute approximate surface area is 98.1 Å². The lowest BCUT2D eigenvalue weighted by molar-refractivity contribution is 0.593. The van der Waals surface area contributed by atoms with Gasteiger partial charge in [-0.05, 0) is 24.6 Å². The van der Waals surface area contributed by atoms with Gasteiger partial charge in [0.15, 0.2) is 0 Å². The second-order valence-corrected chi connectivity index (χ2v) is 3.94. The smallest absolute Gasteiger partial charge is 0.141 e. The molecule has 0 aliphatic carbocycles. The first kappa shape index (κ1) is 11.7. The Balaban J connectivity index is 2.43. The summed E-state index contributed by atoms with van der Waals surface area (Å²) in [6.45, 7) is 1.85. The molecular weight excluding hydrogens is 222 g/mol. The summed E-state index contributed by atoms with van der Waals surface area (Å²) in [4.78, 5) is 3.71. The lowest BCUT2D eigenvalue weighted by Gasteiger charge is -2.13. The largest absolute Gasteiger partial charge is 0.320 e. The summed E-state index contributed by atoms with van der Waals surface area (Å²) in [5, 5.41) is 0. The minimum Gasteiger partial charge on any atom is -0.320 e. The molecule has 2 nitrogen and oxygen atoms in total. The molecule has 1 heterocycles. The number of nitrogens with zero attached hydrogens (tertiary/aromatic N) is 1. The van der Waals surface area contributed by atoms with Crippen LogP contribution in [0, 0.1) is 18.6 Å². The van der Waals surface area contributed by atoms with E-state index in [0.717, 1.165) is 11.8 Å². The van der Waals surface area contributed by atoms with Crippen LogP contribution in [0.5, 0.6) is 0 Å². The number of pyridine rings is 1. The zero-order valence-corrected chi connectivity index (χ0v) is 9.32. The predicted molar refractivity (Wildman–Crippen MR) is 61.4 cm³/mol. The van der Waals surface area contributed by atoms with E-state index in [1.165, 1.54) is 18.3 Å². The molecule has 1 aromatic heterocycles. The molecule has 0 saturated carbocycles. The summed E-state index contributed by atoms with van der Waals surface area (Å²) in [6, 6.07) is 5.23. The summed E-state index contributed by atoms with van der Waals surface area (Å²) >= 11 is 0. The molecule has 0 bridgehead atoms. The van der Waals surface area contributed by atoms with Gasteiger partial charge < -0.3 is 5.73 Å². The topological polar surface area (TPSA) is 38.9 Å². The van der Waals surface area contributed by atoms with Gasteiger partial charge in [0.05, 0.1) is 12.2 Å². The maximum atomic E-state index is 13.6. The number of benzene rings is 1. The van der Waals surface area contributed by atoms with Crippen LogP contribution in [0.3, 0.4) is 0 Å². The van der Waals surface area contributed by atoms with Gasteiger partial charge in [-0.1, -0.05) is 17.7 Å². The molecule has 4 heteroatoms. The van der Waals surface area contributed by atoms with Crippen molar-refractivity contribution >= 4 is 0 Å². The number of hydrogen-bond acceptors (Lipinski definition) is 2. The third kappa shape index (κ3) is 2.47. The molecule has 1 atom stereocenters. The molecule has 0 saturated heterocycles. The van der Waals surface area contributed by atoms with Gasteiger partial charge in [0, 0.05) is 11.8 Å². The van der Waals surface area contributed by atoms with Crippen molar-refractivity contribution in [1.29, 1.82) is 0 Å². The van der Waals surface area contributed by atoms with Crippen molar-refractivity contribution in [3.05, 3.63) is 65.0 Å². The normalized spacial score (nSPS) is 12.5. The van der Waals surface area contributed by atoms with Gasteiger partial charge in [0.2, 0.25) is 0 Å². The summed E-state index contributed by atoms with van der Waals surface area (Å²) in [6.07, 6.45) is 2.53. The molecule has 2 aromatic rings. The van der Waals surface area contributed by atoms with E-state index in [1.807, 2.05) is 6.92 Å². The first-order valence-corrected chi connectivity index (χ1v) is 5.20. The summed E-state index contributed by atoms with van der Waals surface area (Å²) in [7, 11) is 0. The third-order valence-electron chi connectivity index (χ3n) is 2.57. The fourth-order valence-electron chi connectivity index (χ4n) is 1.68. The van der Waals surface area contributed by atoms with Crippen LogP contribution < -0.4 is 5.73 Å². The first-order chi connectivity index (χ1) is 8.08. The Kier molecular flexibility index (Phi) is 3.15. The minimum atomic E-state index is -0.710. The van der Waals surface area contributed by atoms with Gasteiger partial charge in [-0.2, -0.15) is 0 Å². The summed E-state index contributed by atoms with van der Waals surface area (Å²) < 4.78 is 26.6. The lowest BCUT2D eigenvalue weighted by atomic mass is 9.99. The Morgan fingerprint density at radius 1 is 1.18 bits per heavy atom. The van der Waals surface area contributed by atoms with E-state index in [2.05, 4.69) is 4.98 Å². The highest BCUT2D eigenvalue weighted by Crippen LogP contribution is 2.23. The van der Waals surface area contributed by atoms with Crippen molar-refractivity contribution in [1.82, 2.24) is 4.98 Å². The molecule has 0 spiro atoms. The number of halogens is 2. The Hall–Kier alpha value is -1.81. The van der Waals surface area contributed by atoms with Crippen molar-refractivity contribution in [2.45, 2.75) is 13.0 Å². The zero-order valence-electron chi connectivity index (χ0n) is 9.32. The summed E-state index contributed by atoms with van der Waals surface area (Å²) in [5.41, 5.74) is 7.61. The van der Waals surface area contributed by atoms with Crippen molar-refractivity contribution < 1.29 is 8.78 Å². The highest BCUT2D eigenvalue weighted by atomic mass is 19.1. The maximum absolute atomic E-state index is 13.6. The van der Waals surface area contributed by atoms with E-state index in [0.29, 0.717) is 11.1 Å². The van der Waals surface area contributed by atoms with Gasteiger partial charge in [-0.3, -0.25) is 4.98 Å². The van der Waals surface area contributed by atoms with E-state index in [4.69, 9.17) is 5.73 Å². The minimum absolute atomic E-state index is 0.345. The second-order valence-electron chi connectivity index (χ2n) is 3.94. The molecule has 1 unspecified atom stereocenters. The summed E-state index contributed by atoms with van der Waals surface area (Å²) in [5.74, 6) is -0.877. The van der Waals surface area contributed by atoms with Crippen LogP contribution in [0.25, 0.3) is 0 Å². The van der Waals surface area contributed by atoms with Gasteiger partial charge in [-0.25, -0.2) is 8.78 Å². The maximum Gasteiger partial charge on any atom is 0.141 e. The standard InChI is InChI=1S/C13H12F2N2/c1-8-2-3-12(15)11(4-8)13(16)9-5-10(14)7-17-6-9/h2-7,13H,16H2,1H3. The second kappa shape index (κ2) is 4.59. The number of aromatic nitrogens is 1. The average molecular weight is 234 g/mol. The zero-order chi connectivity index (χ0) is 12.4. The highest BCUT2D eigenvalue weighted by Gasteiger charge is 2.14. The van der Waals surface area contributed by atoms with E-state index in [1.54, 1.807) is 12.1 Å². The van der Waals surface area contributed by atoms with Gasteiger partial charge in [-0.15, -0.1) is 0 Å². The highest BCUT2D eigenvalue weighted by molar-refractivity contribution is 5.33. The molecule has 0 amide bonds. The quantitative estimate of drug-likeness (QED) is 0.867. The number of nitrogens with two attached hydrogens (primary N) is 1. The SMILES string of the molecule is Cc1ccc(F)c(C(N)c2cncc(F)c2)c1. The Morgan fingerprint density at radius 3 is 2.65 bits per heavy atom. The first-order valence-electron chi connectivity index (χ1n) is 5.20. The fourth-order valence-corrected chi connectivity index (χ4v) is 1.68. The van der Waals surface area contributed by atoms with Crippen molar-refractivity contribution in [3.63, 3.8) is 0 Å². The molecular formula is C13H12F2N2. The van der Waals surface area contributed by atoms with Crippen molar-refractivity contribution in [2.24, 2.45) is 5.73 Å². The third-order valence-corrected chi connectivity index (χ3v) is 2.57. The van der Waals surface area contributed by atoms with E-state index in [-0.39, 0.29) is 0 Å². The number of rotatable bonds is 2. The molecule has 17 heavy (non-hydrogen) atoms. The molecule has 1 aromatic carbocycles. The van der Waals surface area contributed by atoms with Crippen LogP contribution in [0.2, 0.25) is 0 Å². The predicted octanol–water partition coefficient (Wildman–Crippen LogP) is 2.72. The van der Waals surface area contributed by atoms with Crippen LogP contribution in [0.15, 0.2) is 36.7 Å². The molecule has 0 aliphatic rings. The molecule has 2 N–H and O–H groups in total. The number of hydrogen-bond donors (Lipinski definition) is 1. The number of aryl methyl sites for hydroxylation is 1. The monoisotopic (exact) mass is 234 g/mol. The van der Waals surface area contributed by atoms with Gasteiger partial charge in [0.25, 0.3) is 0 Å². The van der Waals surface area contributed by atoms with Crippen LogP contribution in [-0.4, -0.2) is 4.98 Å². The van der Waals surface area contributed by atoms with Crippen LogP contribution in [-0.2, 0) is 0 Å². The fraction of sp³-hybridized carbons (Fsp3) is 0.154. The van der Waals surface area contributed by atoms with Crippen molar-refractivity contribution in [2.75, 3.05) is 0 Å². The average Bonchev–Trinajstić information content (AvgIpc) is 2.31. The Morgan fingerprint density at radius 2 is 1.94 bits per heavy atom. The van der Waals surface area contributed by atoms with Gasteiger partial charge >= 0.3 is 0 Å². The van der Waals surface area contributed by atoms with Crippen molar-refractivity contribution in [3.8, 4) is 0 Å². The van der Waals surface area contributed by atoms with E-state index >= 15 is 0 Å². The molecule has 2 rings (SSSR count). The molecule has 0 fully saturated rings. The Bertz CT molecular complexity index is 541.